The highest BCUT2D eigenvalue weighted by atomic mass is 16.3. The molecule has 1 aliphatic heterocycles. The molecule has 1 saturated heterocycles. The maximum atomic E-state index is 12.0. The minimum absolute atomic E-state index is 0.0512. The zero-order valence-electron chi connectivity index (χ0n) is 9.67. The van der Waals surface area contributed by atoms with Crippen molar-refractivity contribution in [1.29, 1.82) is 0 Å². The Morgan fingerprint density at radius 2 is 2.24 bits per heavy atom. The van der Waals surface area contributed by atoms with Gasteiger partial charge in [-0.3, -0.25) is 4.79 Å². The van der Waals surface area contributed by atoms with E-state index in [1.165, 1.54) is 0 Å². The lowest BCUT2D eigenvalue weighted by Crippen LogP contribution is -2.52. The van der Waals surface area contributed by atoms with Gasteiger partial charge in [0.15, 0.2) is 0 Å². The summed E-state index contributed by atoms with van der Waals surface area (Å²) in [6, 6.07) is 6.72. The van der Waals surface area contributed by atoms with E-state index < -0.39 is 0 Å². The summed E-state index contributed by atoms with van der Waals surface area (Å²) in [6.45, 7) is 1.96. The Labute approximate surface area is 100 Å². The van der Waals surface area contributed by atoms with Crippen molar-refractivity contribution in [3.63, 3.8) is 0 Å². The Kier molecular flexibility index (Phi) is 3.61. The number of nitrogens with zero attached hydrogens (tertiary/aromatic N) is 2. The minimum Gasteiger partial charge on any atom is -0.508 e. The van der Waals surface area contributed by atoms with Crippen LogP contribution in [-0.4, -0.2) is 35.7 Å². The lowest BCUT2D eigenvalue weighted by Gasteiger charge is -2.38. The summed E-state index contributed by atoms with van der Waals surface area (Å²) in [5.74, 6) is 0.212. The number of phenolic OH excluding ortho intramolecular Hbond substituents is 1. The first kappa shape index (κ1) is 11.9. The van der Waals surface area contributed by atoms with E-state index in [4.69, 9.17) is 5.73 Å². The number of carbonyl (C=O) groups excluding carboxylic acids is 1. The third kappa shape index (κ3) is 2.57. The molecule has 0 bridgehead atoms. The van der Waals surface area contributed by atoms with Gasteiger partial charge in [-0.15, -0.1) is 0 Å². The Morgan fingerprint density at radius 1 is 1.41 bits per heavy atom. The highest BCUT2D eigenvalue weighted by Gasteiger charge is 2.26. The predicted octanol–water partition coefficient (Wildman–Crippen LogP) is 0.695. The fourth-order valence-corrected chi connectivity index (χ4v) is 2.07. The van der Waals surface area contributed by atoms with Gasteiger partial charge in [0.25, 0.3) is 0 Å². The number of aromatic hydroxyl groups is 1. The summed E-state index contributed by atoms with van der Waals surface area (Å²) in [7, 11) is 0. The average Bonchev–Trinajstić information content (AvgIpc) is 2.29. The number of hydrogen-bond acceptors (Lipinski definition) is 4. The smallest absolute Gasteiger partial charge is 0.241 e. The molecular weight excluding hydrogens is 218 g/mol. The molecule has 1 amide bonds. The number of hydrogen-bond donors (Lipinski definition) is 2. The molecule has 5 heteroatoms. The summed E-state index contributed by atoms with van der Waals surface area (Å²) < 4.78 is 0. The molecule has 17 heavy (non-hydrogen) atoms. The summed E-state index contributed by atoms with van der Waals surface area (Å²) in [6.07, 6.45) is 1.39. The monoisotopic (exact) mass is 235 g/mol. The maximum absolute atomic E-state index is 12.0. The summed E-state index contributed by atoms with van der Waals surface area (Å²) in [4.78, 5) is 12.0. The average molecular weight is 235 g/mol. The first-order valence-corrected chi connectivity index (χ1v) is 5.79. The van der Waals surface area contributed by atoms with Crippen LogP contribution in [0.5, 0.6) is 5.75 Å². The van der Waals surface area contributed by atoms with E-state index >= 15 is 0 Å². The first-order valence-electron chi connectivity index (χ1n) is 5.79. The molecule has 0 aliphatic carbocycles. The standard InChI is InChI=1S/C12H17N3O2/c13-6-8-14-7-2-5-12(17)15(14)10-3-1-4-11(16)9-10/h1,3-4,9,16H,2,5-8,13H2. The van der Waals surface area contributed by atoms with Crippen LogP contribution in [0.4, 0.5) is 5.69 Å². The van der Waals surface area contributed by atoms with Gasteiger partial charge >= 0.3 is 0 Å². The van der Waals surface area contributed by atoms with Gasteiger partial charge in [-0.25, -0.2) is 10.0 Å². The number of carbonyl (C=O) groups is 1. The molecule has 1 aromatic carbocycles. The molecule has 92 valence electrons. The van der Waals surface area contributed by atoms with Crippen molar-refractivity contribution in [2.24, 2.45) is 5.73 Å². The number of hydrazine groups is 1. The Balaban J connectivity index is 2.27. The van der Waals surface area contributed by atoms with Crippen LogP contribution in [0.15, 0.2) is 24.3 Å². The normalized spacial score (nSPS) is 17.5. The minimum atomic E-state index is 0.0512. The Hall–Kier alpha value is -1.59. The summed E-state index contributed by atoms with van der Waals surface area (Å²) in [5, 5.41) is 13.0. The van der Waals surface area contributed by atoms with Gasteiger partial charge in [-0.05, 0) is 18.6 Å². The van der Waals surface area contributed by atoms with Crippen LogP contribution >= 0.6 is 0 Å². The van der Waals surface area contributed by atoms with E-state index in [0.717, 1.165) is 13.0 Å². The fraction of sp³-hybridized carbons (Fsp3) is 0.417. The molecule has 0 unspecified atom stereocenters. The Bertz CT molecular complexity index is 406. The number of nitrogens with two attached hydrogens (primary N) is 1. The van der Waals surface area contributed by atoms with E-state index in [0.29, 0.717) is 25.2 Å². The van der Waals surface area contributed by atoms with E-state index in [-0.39, 0.29) is 11.7 Å². The van der Waals surface area contributed by atoms with E-state index in [2.05, 4.69) is 0 Å². The zero-order valence-corrected chi connectivity index (χ0v) is 9.67. The number of benzene rings is 1. The number of rotatable bonds is 3. The largest absolute Gasteiger partial charge is 0.508 e. The second kappa shape index (κ2) is 5.16. The van der Waals surface area contributed by atoms with Crippen molar-refractivity contribution in [2.75, 3.05) is 24.6 Å². The second-order valence-corrected chi connectivity index (χ2v) is 4.07. The highest BCUT2D eigenvalue weighted by Crippen LogP contribution is 2.25. The molecule has 5 nitrogen and oxygen atoms in total. The highest BCUT2D eigenvalue weighted by molar-refractivity contribution is 5.93. The third-order valence-corrected chi connectivity index (χ3v) is 2.79. The lowest BCUT2D eigenvalue weighted by atomic mass is 10.2. The van der Waals surface area contributed by atoms with Crippen molar-refractivity contribution < 1.29 is 9.90 Å². The molecule has 1 heterocycles. The first-order chi connectivity index (χ1) is 8.22. The molecule has 1 aliphatic rings. The molecule has 0 aromatic heterocycles. The van der Waals surface area contributed by atoms with Crippen molar-refractivity contribution in [3.05, 3.63) is 24.3 Å². The van der Waals surface area contributed by atoms with Crippen LogP contribution < -0.4 is 10.7 Å². The molecule has 1 fully saturated rings. The third-order valence-electron chi connectivity index (χ3n) is 2.79. The number of anilines is 1. The maximum Gasteiger partial charge on any atom is 0.241 e. The van der Waals surface area contributed by atoms with Crippen LogP contribution in [0.2, 0.25) is 0 Å². The lowest BCUT2D eigenvalue weighted by molar-refractivity contribution is -0.123. The van der Waals surface area contributed by atoms with Crippen molar-refractivity contribution in [2.45, 2.75) is 12.8 Å². The molecule has 0 radical (unpaired) electrons. The molecule has 1 aromatic rings. The predicted molar refractivity (Wildman–Crippen MR) is 65.5 cm³/mol. The van der Waals surface area contributed by atoms with Gasteiger partial charge < -0.3 is 10.8 Å². The van der Waals surface area contributed by atoms with Gasteiger partial charge in [0, 0.05) is 32.1 Å². The van der Waals surface area contributed by atoms with Gasteiger partial charge in [-0.1, -0.05) is 6.07 Å². The zero-order chi connectivity index (χ0) is 12.3. The van der Waals surface area contributed by atoms with E-state index in [1.54, 1.807) is 23.2 Å². The molecule has 2 rings (SSSR count). The van der Waals surface area contributed by atoms with Crippen molar-refractivity contribution >= 4 is 11.6 Å². The van der Waals surface area contributed by atoms with Crippen LogP contribution in [0.3, 0.4) is 0 Å². The van der Waals surface area contributed by atoms with Gasteiger partial charge in [0.1, 0.15) is 5.75 Å². The van der Waals surface area contributed by atoms with Gasteiger partial charge in [-0.2, -0.15) is 0 Å². The van der Waals surface area contributed by atoms with Crippen LogP contribution in [0.1, 0.15) is 12.8 Å². The quantitative estimate of drug-likeness (QED) is 0.809. The van der Waals surface area contributed by atoms with Gasteiger partial charge in [0.05, 0.1) is 5.69 Å². The van der Waals surface area contributed by atoms with E-state index in [1.807, 2.05) is 11.1 Å². The molecule has 0 atom stereocenters. The van der Waals surface area contributed by atoms with E-state index in [9.17, 15) is 9.90 Å². The summed E-state index contributed by atoms with van der Waals surface area (Å²) in [5.41, 5.74) is 6.24. The fourth-order valence-electron chi connectivity index (χ4n) is 2.07. The van der Waals surface area contributed by atoms with Crippen LogP contribution in [-0.2, 0) is 4.79 Å². The molecule has 0 saturated carbocycles. The van der Waals surface area contributed by atoms with Crippen molar-refractivity contribution in [1.82, 2.24) is 5.01 Å². The second-order valence-electron chi connectivity index (χ2n) is 4.07. The molecule has 0 spiro atoms. The molecular formula is C12H17N3O2. The van der Waals surface area contributed by atoms with Gasteiger partial charge in [0.2, 0.25) is 5.91 Å². The van der Waals surface area contributed by atoms with Crippen LogP contribution in [0, 0.1) is 0 Å². The number of phenols is 1. The SMILES string of the molecule is NCCN1CCCC(=O)N1c1cccc(O)c1. The number of amides is 1. The molecule has 3 N–H and O–H groups in total. The summed E-state index contributed by atoms with van der Waals surface area (Å²) >= 11 is 0. The van der Waals surface area contributed by atoms with Crippen LogP contribution in [0.25, 0.3) is 0 Å². The Morgan fingerprint density at radius 3 is 2.94 bits per heavy atom. The van der Waals surface area contributed by atoms with Crippen molar-refractivity contribution in [3.8, 4) is 5.75 Å². The topological polar surface area (TPSA) is 69.8 Å².